The maximum Gasteiger partial charge on any atom is 0.433 e. The molecule has 2 aliphatic heterocycles. The highest BCUT2D eigenvalue weighted by atomic mass is 19.1. The third kappa shape index (κ3) is 3.89. The summed E-state index contributed by atoms with van der Waals surface area (Å²) in [7, 11) is 0. The lowest BCUT2D eigenvalue weighted by atomic mass is 10.2. The number of hydrogen-bond donors (Lipinski definition) is 1. The Morgan fingerprint density at radius 2 is 2.13 bits per heavy atom. The van der Waals surface area contributed by atoms with Crippen LogP contribution in [-0.2, 0) is 11.3 Å². The van der Waals surface area contributed by atoms with E-state index in [4.69, 9.17) is 14.3 Å². The van der Waals surface area contributed by atoms with E-state index in [0.29, 0.717) is 30.2 Å². The van der Waals surface area contributed by atoms with Crippen LogP contribution < -0.4 is 9.80 Å². The maximum absolute atomic E-state index is 14.7. The number of carbonyl (C=O) groups is 1. The SMILES string of the molecule is O=C1OC(CO)CN1c1ccc(N2C=NN(Cc3ccc([N+](=O)[O-])o3)CC2)c(F)c1. The molecule has 11 nitrogen and oxygen atoms in total. The zero-order valence-electron chi connectivity index (χ0n) is 15.7. The second kappa shape index (κ2) is 7.99. The molecule has 0 aliphatic carbocycles. The van der Waals surface area contributed by atoms with Gasteiger partial charge in [0.1, 0.15) is 28.9 Å². The molecule has 0 bridgehead atoms. The number of nitrogens with zero attached hydrogens (tertiary/aromatic N) is 5. The van der Waals surface area contributed by atoms with Gasteiger partial charge >= 0.3 is 12.0 Å². The van der Waals surface area contributed by atoms with Crippen molar-refractivity contribution in [1.29, 1.82) is 0 Å². The highest BCUT2D eigenvalue weighted by Gasteiger charge is 2.32. The fourth-order valence-corrected chi connectivity index (χ4v) is 3.23. The third-order valence-corrected chi connectivity index (χ3v) is 4.75. The van der Waals surface area contributed by atoms with Crippen LogP contribution in [0.1, 0.15) is 5.76 Å². The molecule has 2 aliphatic rings. The molecule has 1 N–H and O–H groups in total. The van der Waals surface area contributed by atoms with Crippen molar-refractivity contribution in [3.8, 4) is 0 Å². The zero-order chi connectivity index (χ0) is 21.3. The number of amides is 1. The van der Waals surface area contributed by atoms with Crippen LogP contribution in [0, 0.1) is 15.9 Å². The van der Waals surface area contributed by atoms with E-state index in [2.05, 4.69) is 5.10 Å². The number of carbonyl (C=O) groups excluding carboxylic acids is 1. The van der Waals surface area contributed by atoms with Gasteiger partial charge < -0.3 is 19.2 Å². The molecular formula is C18H18FN5O6. The smallest absolute Gasteiger partial charge is 0.433 e. The van der Waals surface area contributed by atoms with Crippen molar-refractivity contribution >= 4 is 29.7 Å². The van der Waals surface area contributed by atoms with E-state index in [9.17, 15) is 19.3 Å². The highest BCUT2D eigenvalue weighted by Crippen LogP contribution is 2.28. The van der Waals surface area contributed by atoms with Gasteiger partial charge in [-0.15, -0.1) is 0 Å². The van der Waals surface area contributed by atoms with Gasteiger partial charge in [-0.25, -0.2) is 9.18 Å². The summed E-state index contributed by atoms with van der Waals surface area (Å²) < 4.78 is 24.8. The first-order chi connectivity index (χ1) is 14.4. The molecule has 3 heterocycles. The molecule has 1 fully saturated rings. The van der Waals surface area contributed by atoms with Gasteiger partial charge in [0.05, 0.1) is 43.7 Å². The van der Waals surface area contributed by atoms with Crippen molar-refractivity contribution in [2.24, 2.45) is 5.10 Å². The second-order valence-electron chi connectivity index (χ2n) is 6.74. The normalized spacial score (nSPS) is 18.8. The van der Waals surface area contributed by atoms with Gasteiger partial charge in [0.25, 0.3) is 0 Å². The molecule has 1 aromatic carbocycles. The summed E-state index contributed by atoms with van der Waals surface area (Å²) in [5.41, 5.74) is 0.634. The number of benzene rings is 1. The fourth-order valence-electron chi connectivity index (χ4n) is 3.23. The van der Waals surface area contributed by atoms with Crippen LogP contribution in [0.5, 0.6) is 0 Å². The summed E-state index contributed by atoms with van der Waals surface area (Å²) >= 11 is 0. The second-order valence-corrected chi connectivity index (χ2v) is 6.74. The molecule has 2 aromatic rings. The Morgan fingerprint density at radius 1 is 1.30 bits per heavy atom. The molecule has 1 saturated heterocycles. The van der Waals surface area contributed by atoms with Crippen LogP contribution in [0.15, 0.2) is 39.9 Å². The molecule has 1 amide bonds. The van der Waals surface area contributed by atoms with Crippen LogP contribution in [-0.4, -0.2) is 59.8 Å². The Bertz CT molecular complexity index is 995. The summed E-state index contributed by atoms with van der Waals surface area (Å²) in [6.45, 7) is 0.987. The van der Waals surface area contributed by atoms with E-state index in [1.54, 1.807) is 22.0 Å². The molecule has 30 heavy (non-hydrogen) atoms. The topological polar surface area (TPSA) is 125 Å². The van der Waals surface area contributed by atoms with E-state index < -0.39 is 22.9 Å². The number of furan rings is 1. The van der Waals surface area contributed by atoms with Crippen LogP contribution in [0.3, 0.4) is 0 Å². The number of hydrogen-bond acceptors (Lipinski definition) is 9. The van der Waals surface area contributed by atoms with Crippen LogP contribution >= 0.6 is 0 Å². The Balaban J connectivity index is 1.42. The van der Waals surface area contributed by atoms with Gasteiger partial charge in [-0.1, -0.05) is 0 Å². The van der Waals surface area contributed by atoms with Gasteiger partial charge in [0, 0.05) is 6.54 Å². The quantitative estimate of drug-likeness (QED) is 0.556. The largest absolute Gasteiger partial charge is 0.441 e. The van der Waals surface area contributed by atoms with Gasteiger partial charge in [0.15, 0.2) is 0 Å². The molecule has 1 aromatic heterocycles. The van der Waals surface area contributed by atoms with E-state index in [1.165, 1.54) is 29.4 Å². The standard InChI is InChI=1S/C18H18FN5O6/c19-15-7-12(23-9-14(10-25)30-18(23)26)1-3-16(15)21-5-6-22(20-11-21)8-13-2-4-17(29-13)24(27)28/h1-4,7,11,14,25H,5-6,8-10H2. The summed E-state index contributed by atoms with van der Waals surface area (Å²) in [5, 5.41) is 25.7. The number of hydrazone groups is 1. The van der Waals surface area contributed by atoms with E-state index in [1.807, 2.05) is 0 Å². The molecule has 1 unspecified atom stereocenters. The number of nitro groups is 1. The molecule has 4 rings (SSSR count). The lowest BCUT2D eigenvalue weighted by molar-refractivity contribution is -0.402. The number of aliphatic hydroxyl groups is 1. The molecular weight excluding hydrogens is 401 g/mol. The van der Waals surface area contributed by atoms with Gasteiger partial charge in [-0.05, 0) is 24.3 Å². The molecule has 158 valence electrons. The predicted octanol–water partition coefficient (Wildman–Crippen LogP) is 1.91. The Kier molecular flexibility index (Phi) is 5.23. The number of anilines is 2. The first-order valence-electron chi connectivity index (χ1n) is 9.12. The summed E-state index contributed by atoms with van der Waals surface area (Å²) in [6.07, 6.45) is 0.204. The minimum atomic E-state index is -0.630. The van der Waals surface area contributed by atoms with E-state index >= 15 is 0 Å². The fraction of sp³-hybridized carbons (Fsp3) is 0.333. The van der Waals surface area contributed by atoms with Crippen molar-refractivity contribution in [2.45, 2.75) is 12.6 Å². The van der Waals surface area contributed by atoms with Gasteiger partial charge in [-0.2, -0.15) is 5.10 Å². The number of ether oxygens (including phenoxy) is 1. The van der Waals surface area contributed by atoms with Crippen molar-refractivity contribution < 1.29 is 28.4 Å². The first-order valence-corrected chi connectivity index (χ1v) is 9.12. The van der Waals surface area contributed by atoms with Crippen molar-refractivity contribution in [2.75, 3.05) is 36.0 Å². The minimum Gasteiger partial charge on any atom is -0.441 e. The van der Waals surface area contributed by atoms with E-state index in [0.717, 1.165) is 0 Å². The number of cyclic esters (lactones) is 1. The number of aliphatic hydroxyl groups excluding tert-OH is 1. The average Bonchev–Trinajstić information content (AvgIpc) is 3.35. The Hall–Kier alpha value is -3.67. The average molecular weight is 419 g/mol. The maximum atomic E-state index is 14.7. The summed E-state index contributed by atoms with van der Waals surface area (Å²) in [4.78, 5) is 24.8. The zero-order valence-corrected chi connectivity index (χ0v) is 15.7. The summed E-state index contributed by atoms with van der Waals surface area (Å²) in [6, 6.07) is 7.18. The lowest BCUT2D eigenvalue weighted by Gasteiger charge is -2.29. The number of rotatable bonds is 6. The Morgan fingerprint density at radius 3 is 2.73 bits per heavy atom. The first kappa shape index (κ1) is 19.6. The number of halogens is 1. The Labute approximate surface area is 169 Å². The summed E-state index contributed by atoms with van der Waals surface area (Å²) in [5.74, 6) is -0.460. The highest BCUT2D eigenvalue weighted by molar-refractivity contribution is 5.90. The van der Waals surface area contributed by atoms with Crippen LogP contribution in [0.2, 0.25) is 0 Å². The van der Waals surface area contributed by atoms with E-state index in [-0.39, 0.29) is 25.6 Å². The van der Waals surface area contributed by atoms with Crippen molar-refractivity contribution in [3.05, 3.63) is 52.0 Å². The predicted molar refractivity (Wildman–Crippen MR) is 103 cm³/mol. The van der Waals surface area contributed by atoms with Crippen LogP contribution in [0.25, 0.3) is 0 Å². The molecule has 0 spiro atoms. The third-order valence-electron chi connectivity index (χ3n) is 4.75. The molecule has 0 radical (unpaired) electrons. The van der Waals surface area contributed by atoms with Gasteiger partial charge in [-0.3, -0.25) is 20.0 Å². The molecule has 1 atom stereocenters. The molecule has 12 heteroatoms. The van der Waals surface area contributed by atoms with Gasteiger partial charge in [0.2, 0.25) is 0 Å². The monoisotopic (exact) mass is 419 g/mol. The molecule has 0 saturated carbocycles. The van der Waals surface area contributed by atoms with Crippen molar-refractivity contribution in [3.63, 3.8) is 0 Å². The minimum absolute atomic E-state index is 0.152. The van der Waals surface area contributed by atoms with Crippen molar-refractivity contribution in [1.82, 2.24) is 5.01 Å². The lowest BCUT2D eigenvalue weighted by Crippen LogP contribution is -2.38. The van der Waals surface area contributed by atoms with Crippen LogP contribution in [0.4, 0.5) is 26.4 Å².